The number of nitriles is 1. The summed E-state index contributed by atoms with van der Waals surface area (Å²) in [5.74, 6) is 0.379. The van der Waals surface area contributed by atoms with Gasteiger partial charge in [-0.25, -0.2) is 4.98 Å². The van der Waals surface area contributed by atoms with Crippen LogP contribution in [0.2, 0.25) is 0 Å². The molecule has 1 aliphatic rings. The first kappa shape index (κ1) is 16.6. The lowest BCUT2D eigenvalue weighted by atomic mass is 10.1. The molecule has 1 aliphatic heterocycles. The summed E-state index contributed by atoms with van der Waals surface area (Å²) in [6.45, 7) is 3.49. The molecule has 26 heavy (non-hydrogen) atoms. The highest BCUT2D eigenvalue weighted by Crippen LogP contribution is 2.30. The highest BCUT2D eigenvalue weighted by Gasteiger charge is 2.26. The number of aryl methyl sites for hydroxylation is 1. The van der Waals surface area contributed by atoms with E-state index in [0.29, 0.717) is 16.8 Å². The number of hydrogen-bond donors (Lipinski definition) is 1. The molecule has 1 N–H and O–H groups in total. The van der Waals surface area contributed by atoms with E-state index in [-0.39, 0.29) is 17.0 Å². The first-order valence-corrected chi connectivity index (χ1v) is 9.03. The number of likely N-dealkylation sites (N-methyl/N-ethyl adjacent to an activating group) is 1. The Morgan fingerprint density at radius 3 is 2.92 bits per heavy atom. The maximum atomic E-state index is 12.8. The van der Waals surface area contributed by atoms with Gasteiger partial charge in [0.2, 0.25) is 5.88 Å². The molecule has 0 saturated heterocycles. The predicted molar refractivity (Wildman–Crippen MR) is 97.6 cm³/mol. The van der Waals surface area contributed by atoms with Crippen molar-refractivity contribution in [3.63, 3.8) is 0 Å². The van der Waals surface area contributed by atoms with E-state index in [2.05, 4.69) is 28.3 Å². The van der Waals surface area contributed by atoms with Crippen molar-refractivity contribution in [2.24, 2.45) is 0 Å². The Kier molecular flexibility index (Phi) is 4.11. The van der Waals surface area contributed by atoms with Crippen molar-refractivity contribution in [3.8, 4) is 12.0 Å². The minimum Gasteiger partial charge on any atom is -0.443 e. The molecule has 3 aromatic rings. The van der Waals surface area contributed by atoms with E-state index in [4.69, 9.17) is 4.42 Å². The van der Waals surface area contributed by atoms with Crippen LogP contribution in [0.15, 0.2) is 28.9 Å². The molecule has 0 atom stereocenters. The van der Waals surface area contributed by atoms with Gasteiger partial charge in [-0.3, -0.25) is 14.7 Å². The number of carbonyl (C=O) groups excluding carboxylic acids is 1. The van der Waals surface area contributed by atoms with Gasteiger partial charge in [0.1, 0.15) is 23.0 Å². The van der Waals surface area contributed by atoms with Gasteiger partial charge in [0.15, 0.2) is 5.13 Å². The lowest BCUT2D eigenvalue weighted by molar-refractivity contribution is 0.102. The molecule has 132 valence electrons. The molecule has 0 fully saturated rings. The van der Waals surface area contributed by atoms with Crippen molar-refractivity contribution in [1.82, 2.24) is 14.5 Å². The summed E-state index contributed by atoms with van der Waals surface area (Å²) in [7, 11) is 2.07. The lowest BCUT2D eigenvalue weighted by Gasteiger charge is -2.20. The van der Waals surface area contributed by atoms with Crippen molar-refractivity contribution in [1.29, 1.82) is 5.26 Å². The van der Waals surface area contributed by atoms with E-state index in [1.54, 1.807) is 23.9 Å². The fourth-order valence-electron chi connectivity index (χ4n) is 3.10. The summed E-state index contributed by atoms with van der Waals surface area (Å²) >= 11 is 1.48. The second kappa shape index (κ2) is 6.44. The Bertz CT molecular complexity index is 1010. The highest BCUT2D eigenvalue weighted by molar-refractivity contribution is 7.15. The van der Waals surface area contributed by atoms with Crippen molar-refractivity contribution < 1.29 is 9.21 Å². The number of carbonyl (C=O) groups is 1. The van der Waals surface area contributed by atoms with Crippen molar-refractivity contribution in [3.05, 3.63) is 52.0 Å². The van der Waals surface area contributed by atoms with Gasteiger partial charge >= 0.3 is 0 Å². The first-order valence-electron chi connectivity index (χ1n) is 8.22. The van der Waals surface area contributed by atoms with Crippen LogP contribution in [0.25, 0.3) is 5.88 Å². The van der Waals surface area contributed by atoms with Crippen LogP contribution >= 0.6 is 11.3 Å². The number of nitrogens with one attached hydrogen (secondary N) is 1. The summed E-state index contributed by atoms with van der Waals surface area (Å²) in [5, 5.41) is 13.0. The fourth-order valence-corrected chi connectivity index (χ4v) is 4.18. The average Bonchev–Trinajstić information content (AvgIpc) is 3.31. The van der Waals surface area contributed by atoms with E-state index < -0.39 is 0 Å². The molecular weight excluding hydrogens is 350 g/mol. The lowest BCUT2D eigenvalue weighted by Crippen LogP contribution is -2.25. The number of thiazole rings is 1. The van der Waals surface area contributed by atoms with Gasteiger partial charge in [-0.15, -0.1) is 11.3 Å². The normalized spacial score (nSPS) is 14.0. The first-order chi connectivity index (χ1) is 12.6. The van der Waals surface area contributed by atoms with Crippen molar-refractivity contribution in [2.75, 3.05) is 18.9 Å². The predicted octanol–water partition coefficient (Wildman–Crippen LogP) is 2.95. The molecule has 0 spiro atoms. The standard InChI is InChI=1S/C18H17N5O2S/c1-11-15(12(9-19)17(25-11)23-6-3-4-7-23)16(24)21-18-20-13-5-8-22(2)10-14(13)26-18/h3-4,6-7H,5,8,10H2,1-2H3,(H,20,21,24). The van der Waals surface area contributed by atoms with Crippen LogP contribution in [-0.2, 0) is 13.0 Å². The second-order valence-corrected chi connectivity index (χ2v) is 7.33. The van der Waals surface area contributed by atoms with Crippen LogP contribution in [0, 0.1) is 18.3 Å². The molecule has 4 rings (SSSR count). The zero-order chi connectivity index (χ0) is 18.3. The third kappa shape index (κ3) is 2.81. The third-order valence-corrected chi connectivity index (χ3v) is 5.38. The maximum Gasteiger partial charge on any atom is 0.262 e. The Hall–Kier alpha value is -2.89. The number of aromatic nitrogens is 2. The van der Waals surface area contributed by atoms with Gasteiger partial charge in [-0.1, -0.05) is 0 Å². The minimum absolute atomic E-state index is 0.220. The van der Waals surface area contributed by atoms with Crippen molar-refractivity contribution in [2.45, 2.75) is 19.9 Å². The van der Waals surface area contributed by atoms with Gasteiger partial charge in [-0.2, -0.15) is 5.26 Å². The van der Waals surface area contributed by atoms with Crippen LogP contribution in [-0.4, -0.2) is 34.0 Å². The van der Waals surface area contributed by atoms with Crippen LogP contribution in [0.1, 0.15) is 32.3 Å². The van der Waals surface area contributed by atoms with E-state index in [9.17, 15) is 10.1 Å². The summed E-state index contributed by atoms with van der Waals surface area (Å²) in [4.78, 5) is 20.7. The maximum absolute atomic E-state index is 12.8. The Morgan fingerprint density at radius 1 is 1.42 bits per heavy atom. The zero-order valence-electron chi connectivity index (χ0n) is 14.4. The quantitative estimate of drug-likeness (QED) is 0.769. The van der Waals surface area contributed by atoms with Crippen LogP contribution in [0.5, 0.6) is 0 Å². The minimum atomic E-state index is -0.374. The number of amides is 1. The monoisotopic (exact) mass is 367 g/mol. The highest BCUT2D eigenvalue weighted by atomic mass is 32.1. The molecule has 0 unspecified atom stereocenters. The molecule has 4 heterocycles. The SMILES string of the molecule is Cc1oc(-n2cccc2)c(C#N)c1C(=O)Nc1nc2c(s1)CN(C)CC2. The van der Waals surface area contributed by atoms with Crippen LogP contribution in [0.4, 0.5) is 5.13 Å². The van der Waals surface area contributed by atoms with E-state index >= 15 is 0 Å². The topological polar surface area (TPSA) is 87.1 Å². The Labute approximate surface area is 154 Å². The number of fused-ring (bicyclic) bond motifs is 1. The van der Waals surface area contributed by atoms with Crippen LogP contribution in [0.3, 0.4) is 0 Å². The molecule has 0 aromatic carbocycles. The van der Waals surface area contributed by atoms with E-state index in [0.717, 1.165) is 25.2 Å². The van der Waals surface area contributed by atoms with E-state index in [1.807, 2.05) is 12.1 Å². The average molecular weight is 367 g/mol. The number of anilines is 1. The number of nitrogens with zero attached hydrogens (tertiary/aromatic N) is 4. The van der Waals surface area contributed by atoms with Gasteiger partial charge in [0, 0.05) is 36.8 Å². The Balaban J connectivity index is 1.64. The van der Waals surface area contributed by atoms with Gasteiger partial charge in [-0.05, 0) is 26.1 Å². The van der Waals surface area contributed by atoms with Crippen LogP contribution < -0.4 is 5.32 Å². The second-order valence-electron chi connectivity index (χ2n) is 6.25. The number of rotatable bonds is 3. The summed E-state index contributed by atoms with van der Waals surface area (Å²) in [6, 6.07) is 5.75. The summed E-state index contributed by atoms with van der Waals surface area (Å²) in [5.41, 5.74) is 1.51. The van der Waals surface area contributed by atoms with Crippen molar-refractivity contribution >= 4 is 22.4 Å². The number of hydrogen-bond acceptors (Lipinski definition) is 6. The van der Waals surface area contributed by atoms with E-state index in [1.165, 1.54) is 16.2 Å². The fraction of sp³-hybridized carbons (Fsp3) is 0.278. The van der Waals surface area contributed by atoms with Gasteiger partial charge < -0.3 is 9.32 Å². The molecule has 1 amide bonds. The summed E-state index contributed by atoms with van der Waals surface area (Å²) in [6.07, 6.45) is 4.42. The molecule has 0 saturated carbocycles. The zero-order valence-corrected chi connectivity index (χ0v) is 15.3. The molecule has 0 bridgehead atoms. The third-order valence-electron chi connectivity index (χ3n) is 4.39. The summed E-state index contributed by atoms with van der Waals surface area (Å²) < 4.78 is 7.37. The molecule has 7 nitrogen and oxygen atoms in total. The molecule has 8 heteroatoms. The molecular formula is C18H17N5O2S. The molecule has 0 aliphatic carbocycles. The number of furan rings is 1. The van der Waals surface area contributed by atoms with Gasteiger partial charge in [0.05, 0.1) is 5.69 Å². The molecule has 0 radical (unpaired) electrons. The largest absolute Gasteiger partial charge is 0.443 e. The Morgan fingerprint density at radius 2 is 2.19 bits per heavy atom. The van der Waals surface area contributed by atoms with Gasteiger partial charge in [0.25, 0.3) is 5.91 Å². The molecule has 3 aromatic heterocycles. The smallest absolute Gasteiger partial charge is 0.262 e.